The van der Waals surface area contributed by atoms with E-state index in [0.717, 1.165) is 6.07 Å². The standard InChI is InChI=1S/C25H27FN4O4/c1-6-29(15-32)24(14-31)27-28(4)22-12-17-18(11-20(22)26)25(33)30(13-19(17)16(2)3)21-9-7-8-10-23(21)34-5/h7-13,15,31H,2,6,14H2,1,3-5H3/b27-24-. The molecule has 0 atom stereocenters. The Morgan fingerprint density at radius 2 is 2.00 bits per heavy atom. The van der Waals surface area contributed by atoms with E-state index < -0.39 is 18.0 Å². The Morgan fingerprint density at radius 1 is 1.29 bits per heavy atom. The number of nitrogens with zero attached hydrogens (tertiary/aromatic N) is 4. The number of rotatable bonds is 8. The Morgan fingerprint density at radius 3 is 2.59 bits per heavy atom. The summed E-state index contributed by atoms with van der Waals surface area (Å²) >= 11 is 0. The largest absolute Gasteiger partial charge is 0.495 e. The molecule has 178 valence electrons. The van der Waals surface area contributed by atoms with Gasteiger partial charge in [0.15, 0.2) is 5.84 Å². The second-order valence-corrected chi connectivity index (χ2v) is 7.61. The van der Waals surface area contributed by atoms with E-state index in [1.807, 2.05) is 0 Å². The molecule has 0 unspecified atom stereocenters. The average Bonchev–Trinajstić information content (AvgIpc) is 2.84. The predicted octanol–water partition coefficient (Wildman–Crippen LogP) is 3.39. The maximum Gasteiger partial charge on any atom is 0.263 e. The highest BCUT2D eigenvalue weighted by Gasteiger charge is 2.18. The summed E-state index contributed by atoms with van der Waals surface area (Å²) in [5.41, 5.74) is 1.48. The number of benzene rings is 2. The fourth-order valence-corrected chi connectivity index (χ4v) is 3.67. The van der Waals surface area contributed by atoms with Gasteiger partial charge >= 0.3 is 0 Å². The zero-order valence-electron chi connectivity index (χ0n) is 19.6. The number of amides is 1. The van der Waals surface area contributed by atoms with Gasteiger partial charge in [-0.2, -0.15) is 5.10 Å². The molecular formula is C25H27FN4O4. The molecule has 9 heteroatoms. The van der Waals surface area contributed by atoms with Crippen molar-refractivity contribution in [2.75, 3.05) is 32.3 Å². The number of likely N-dealkylation sites (N-methyl/N-ethyl adjacent to an activating group) is 1. The topological polar surface area (TPSA) is 87.4 Å². The Bertz CT molecular complexity index is 1330. The molecule has 1 amide bonds. The SMILES string of the molecule is C=C(C)c1cn(-c2ccccc2OC)c(=O)c2cc(F)c(N(C)/N=C(/CO)N(C=O)CC)cc12. The fraction of sp³-hybridized carbons (Fsp3) is 0.240. The van der Waals surface area contributed by atoms with Gasteiger partial charge in [0.1, 0.15) is 18.2 Å². The van der Waals surface area contributed by atoms with Gasteiger partial charge in [-0.3, -0.25) is 24.1 Å². The molecule has 0 spiro atoms. The molecule has 1 N–H and O–H groups in total. The van der Waals surface area contributed by atoms with Crippen LogP contribution >= 0.6 is 0 Å². The van der Waals surface area contributed by atoms with Crippen molar-refractivity contribution >= 4 is 34.3 Å². The number of aliphatic hydroxyl groups excluding tert-OH is 1. The van der Waals surface area contributed by atoms with Gasteiger partial charge in [0.2, 0.25) is 6.41 Å². The molecular weight excluding hydrogens is 439 g/mol. The van der Waals surface area contributed by atoms with Crippen molar-refractivity contribution in [2.45, 2.75) is 13.8 Å². The normalized spacial score (nSPS) is 11.4. The van der Waals surface area contributed by atoms with Gasteiger partial charge in [0, 0.05) is 25.4 Å². The molecule has 0 saturated heterocycles. The number of carbonyl (C=O) groups excluding carboxylic acids is 1. The van der Waals surface area contributed by atoms with Crippen LogP contribution in [0.4, 0.5) is 10.1 Å². The number of allylic oxidation sites excluding steroid dienone is 1. The zero-order chi connectivity index (χ0) is 25.0. The summed E-state index contributed by atoms with van der Waals surface area (Å²) in [6.07, 6.45) is 2.19. The second-order valence-electron chi connectivity index (χ2n) is 7.61. The van der Waals surface area contributed by atoms with E-state index >= 15 is 4.39 Å². The molecule has 34 heavy (non-hydrogen) atoms. The van der Waals surface area contributed by atoms with Gasteiger partial charge in [0.25, 0.3) is 5.56 Å². The van der Waals surface area contributed by atoms with Crippen LogP contribution in [-0.2, 0) is 4.79 Å². The molecule has 0 fully saturated rings. The van der Waals surface area contributed by atoms with Gasteiger partial charge in [-0.1, -0.05) is 18.7 Å². The van der Waals surface area contributed by atoms with Crippen LogP contribution in [0.5, 0.6) is 5.75 Å². The van der Waals surface area contributed by atoms with Gasteiger partial charge in [-0.15, -0.1) is 0 Å². The summed E-state index contributed by atoms with van der Waals surface area (Å²) in [4.78, 5) is 25.8. The quantitative estimate of drug-likeness (QED) is 0.238. The molecule has 1 aromatic heterocycles. The number of ether oxygens (including phenoxy) is 1. The predicted molar refractivity (Wildman–Crippen MR) is 132 cm³/mol. The summed E-state index contributed by atoms with van der Waals surface area (Å²) in [5, 5.41) is 15.7. The summed E-state index contributed by atoms with van der Waals surface area (Å²) in [7, 11) is 3.01. The Hall–Kier alpha value is -3.98. The third-order valence-electron chi connectivity index (χ3n) is 5.44. The first-order valence-electron chi connectivity index (χ1n) is 10.6. The highest BCUT2D eigenvalue weighted by atomic mass is 19.1. The van der Waals surface area contributed by atoms with Crippen molar-refractivity contribution in [3.05, 3.63) is 70.9 Å². The molecule has 0 aliphatic carbocycles. The van der Waals surface area contributed by atoms with Crippen molar-refractivity contribution < 1.29 is 19.0 Å². The zero-order valence-corrected chi connectivity index (χ0v) is 19.6. The van der Waals surface area contributed by atoms with Gasteiger partial charge in [-0.05, 0) is 49.1 Å². The van der Waals surface area contributed by atoms with Crippen LogP contribution in [0, 0.1) is 5.82 Å². The number of hydrazone groups is 1. The minimum absolute atomic E-state index is 0.0613. The summed E-state index contributed by atoms with van der Waals surface area (Å²) in [6.45, 7) is 7.33. The number of aliphatic hydroxyl groups is 1. The molecule has 8 nitrogen and oxygen atoms in total. The van der Waals surface area contributed by atoms with Crippen molar-refractivity contribution in [3.63, 3.8) is 0 Å². The van der Waals surface area contributed by atoms with E-state index in [4.69, 9.17) is 4.74 Å². The first-order valence-corrected chi connectivity index (χ1v) is 10.6. The lowest BCUT2D eigenvalue weighted by Crippen LogP contribution is -2.34. The number of carbonyl (C=O) groups is 1. The van der Waals surface area contributed by atoms with Gasteiger partial charge in [0.05, 0.1) is 23.9 Å². The maximum absolute atomic E-state index is 15.2. The third kappa shape index (κ3) is 4.55. The minimum Gasteiger partial charge on any atom is -0.495 e. The lowest BCUT2D eigenvalue weighted by molar-refractivity contribution is -0.114. The number of anilines is 1. The van der Waals surface area contributed by atoms with Crippen LogP contribution in [0.2, 0.25) is 0 Å². The first kappa shape index (κ1) is 24.7. The fourth-order valence-electron chi connectivity index (χ4n) is 3.67. The first-order chi connectivity index (χ1) is 16.3. The number of hydrogen-bond donors (Lipinski definition) is 1. The molecule has 0 radical (unpaired) electrons. The second kappa shape index (κ2) is 10.3. The van der Waals surface area contributed by atoms with Crippen LogP contribution < -0.4 is 15.3 Å². The number of amidine groups is 1. The lowest BCUT2D eigenvalue weighted by atomic mass is 10.0. The van der Waals surface area contributed by atoms with E-state index in [-0.39, 0.29) is 16.9 Å². The third-order valence-corrected chi connectivity index (χ3v) is 5.44. The van der Waals surface area contributed by atoms with Crippen LogP contribution in [0.1, 0.15) is 19.4 Å². The summed E-state index contributed by atoms with van der Waals surface area (Å²) in [5.74, 6) is -0.131. The van der Waals surface area contributed by atoms with E-state index in [9.17, 15) is 14.7 Å². The molecule has 2 aromatic carbocycles. The summed E-state index contributed by atoms with van der Waals surface area (Å²) < 4.78 is 22.0. The van der Waals surface area contributed by atoms with Crippen LogP contribution in [-0.4, -0.2) is 54.1 Å². The van der Waals surface area contributed by atoms with Crippen LogP contribution in [0.25, 0.3) is 22.0 Å². The minimum atomic E-state index is -0.687. The monoisotopic (exact) mass is 466 g/mol. The molecule has 0 aliphatic heterocycles. The number of halogens is 1. The number of methoxy groups -OCH3 is 1. The van der Waals surface area contributed by atoms with Gasteiger partial charge < -0.3 is 9.84 Å². The number of aromatic nitrogens is 1. The molecule has 0 aliphatic rings. The van der Waals surface area contributed by atoms with Crippen molar-refractivity contribution in [2.24, 2.45) is 5.10 Å². The smallest absolute Gasteiger partial charge is 0.263 e. The Balaban J connectivity index is 2.27. The van der Waals surface area contributed by atoms with E-state index in [2.05, 4.69) is 11.7 Å². The van der Waals surface area contributed by atoms with Crippen molar-refractivity contribution in [3.8, 4) is 11.4 Å². The number of para-hydroxylation sites is 2. The van der Waals surface area contributed by atoms with E-state index in [1.165, 1.54) is 34.7 Å². The highest BCUT2D eigenvalue weighted by molar-refractivity contribution is 5.96. The lowest BCUT2D eigenvalue weighted by Gasteiger charge is -2.21. The molecule has 0 saturated carbocycles. The summed E-state index contributed by atoms with van der Waals surface area (Å²) in [6, 6.07) is 9.72. The number of fused-ring (bicyclic) bond motifs is 1. The van der Waals surface area contributed by atoms with E-state index in [0.29, 0.717) is 40.9 Å². The molecule has 1 heterocycles. The van der Waals surface area contributed by atoms with Crippen molar-refractivity contribution in [1.29, 1.82) is 0 Å². The average molecular weight is 467 g/mol. The highest BCUT2D eigenvalue weighted by Crippen LogP contribution is 2.31. The van der Waals surface area contributed by atoms with E-state index in [1.54, 1.807) is 44.3 Å². The number of pyridine rings is 1. The Kier molecular flexibility index (Phi) is 7.47. The van der Waals surface area contributed by atoms with Gasteiger partial charge in [-0.25, -0.2) is 4.39 Å². The van der Waals surface area contributed by atoms with Crippen molar-refractivity contribution in [1.82, 2.24) is 9.47 Å². The van der Waals surface area contributed by atoms with Crippen LogP contribution in [0.3, 0.4) is 0 Å². The molecule has 3 aromatic rings. The maximum atomic E-state index is 15.2. The molecule has 3 rings (SSSR count). The van der Waals surface area contributed by atoms with Crippen LogP contribution in [0.15, 0.2) is 59.1 Å². The Labute approximate surface area is 196 Å². The number of hydrogen-bond acceptors (Lipinski definition) is 6. The molecule has 0 bridgehead atoms.